The van der Waals surface area contributed by atoms with E-state index in [-0.39, 0.29) is 12.1 Å². The summed E-state index contributed by atoms with van der Waals surface area (Å²) in [6.07, 6.45) is 5.07. The SMILES string of the molecule is COC(=O)CS(=O)(=O)N(CC1CCCCN1)C1CC1. The molecular formula is C12H22N2O4S. The first kappa shape index (κ1) is 14.7. The second-order valence-electron chi connectivity index (χ2n) is 5.28. The standard InChI is InChI=1S/C12H22N2O4S/c1-18-12(15)9-19(16,17)14(11-5-6-11)8-10-4-2-3-7-13-10/h10-11,13H,2-9H2,1H3. The third kappa shape index (κ3) is 4.15. The second kappa shape index (κ2) is 6.19. The molecule has 1 saturated carbocycles. The zero-order valence-electron chi connectivity index (χ0n) is 11.3. The molecule has 0 aromatic rings. The van der Waals surface area contributed by atoms with Crippen molar-refractivity contribution < 1.29 is 17.9 Å². The highest BCUT2D eigenvalue weighted by atomic mass is 32.2. The minimum atomic E-state index is -3.55. The highest BCUT2D eigenvalue weighted by molar-refractivity contribution is 7.89. The zero-order chi connectivity index (χ0) is 13.9. The summed E-state index contributed by atoms with van der Waals surface area (Å²) in [6, 6.07) is 0.292. The second-order valence-corrected chi connectivity index (χ2v) is 7.20. The third-order valence-electron chi connectivity index (χ3n) is 3.65. The van der Waals surface area contributed by atoms with Gasteiger partial charge in [0.05, 0.1) is 7.11 Å². The Bertz CT molecular complexity index is 413. The van der Waals surface area contributed by atoms with Crippen LogP contribution in [-0.2, 0) is 19.6 Å². The summed E-state index contributed by atoms with van der Waals surface area (Å²) in [5.41, 5.74) is 0. The molecule has 1 heterocycles. The summed E-state index contributed by atoms with van der Waals surface area (Å²) in [7, 11) is -2.34. The summed E-state index contributed by atoms with van der Waals surface area (Å²) in [5.74, 6) is -1.24. The largest absolute Gasteiger partial charge is 0.468 e. The molecule has 6 nitrogen and oxygen atoms in total. The van der Waals surface area contributed by atoms with Gasteiger partial charge in [-0.1, -0.05) is 6.42 Å². The van der Waals surface area contributed by atoms with Crippen molar-refractivity contribution >= 4 is 16.0 Å². The highest BCUT2D eigenvalue weighted by Crippen LogP contribution is 2.30. The number of nitrogens with zero attached hydrogens (tertiary/aromatic N) is 1. The lowest BCUT2D eigenvalue weighted by molar-refractivity contribution is -0.137. The van der Waals surface area contributed by atoms with E-state index in [9.17, 15) is 13.2 Å². The monoisotopic (exact) mass is 290 g/mol. The molecule has 1 aliphatic carbocycles. The van der Waals surface area contributed by atoms with E-state index >= 15 is 0 Å². The average molecular weight is 290 g/mol. The molecule has 1 unspecified atom stereocenters. The lowest BCUT2D eigenvalue weighted by Gasteiger charge is -2.29. The number of sulfonamides is 1. The predicted octanol–water partition coefficient (Wildman–Crippen LogP) is 0.0957. The van der Waals surface area contributed by atoms with Crippen LogP contribution in [0.25, 0.3) is 0 Å². The number of esters is 1. The quantitative estimate of drug-likeness (QED) is 0.702. The van der Waals surface area contributed by atoms with Gasteiger partial charge in [-0.05, 0) is 32.2 Å². The average Bonchev–Trinajstić information content (AvgIpc) is 3.20. The van der Waals surface area contributed by atoms with Crippen molar-refractivity contribution in [2.45, 2.75) is 44.2 Å². The van der Waals surface area contributed by atoms with Crippen molar-refractivity contribution in [1.29, 1.82) is 0 Å². The molecule has 1 atom stereocenters. The van der Waals surface area contributed by atoms with E-state index in [0.717, 1.165) is 38.6 Å². The number of ether oxygens (including phenoxy) is 1. The van der Waals surface area contributed by atoms with Gasteiger partial charge in [-0.3, -0.25) is 4.79 Å². The third-order valence-corrected chi connectivity index (χ3v) is 5.41. The lowest BCUT2D eigenvalue weighted by atomic mass is 10.1. The molecule has 0 bridgehead atoms. The van der Waals surface area contributed by atoms with Gasteiger partial charge in [-0.25, -0.2) is 8.42 Å². The summed E-state index contributed by atoms with van der Waals surface area (Å²) < 4.78 is 30.5. The topological polar surface area (TPSA) is 75.7 Å². The van der Waals surface area contributed by atoms with Gasteiger partial charge in [0.25, 0.3) is 0 Å². The number of rotatable bonds is 6. The van der Waals surface area contributed by atoms with Gasteiger partial charge in [0.15, 0.2) is 5.75 Å². The molecule has 1 N–H and O–H groups in total. The normalized spacial score (nSPS) is 24.4. The Labute approximate surface area is 114 Å². The fourth-order valence-corrected chi connectivity index (χ4v) is 4.09. The number of hydrogen-bond donors (Lipinski definition) is 1. The fourth-order valence-electron chi connectivity index (χ4n) is 2.44. The zero-order valence-corrected chi connectivity index (χ0v) is 12.1. The number of methoxy groups -OCH3 is 1. The van der Waals surface area contributed by atoms with Crippen LogP contribution in [0.5, 0.6) is 0 Å². The van der Waals surface area contributed by atoms with Crippen molar-refractivity contribution in [3.63, 3.8) is 0 Å². The first-order valence-electron chi connectivity index (χ1n) is 6.82. The Morgan fingerprint density at radius 2 is 2.05 bits per heavy atom. The summed E-state index contributed by atoms with van der Waals surface area (Å²) in [6.45, 7) is 1.42. The maximum absolute atomic E-state index is 12.3. The van der Waals surface area contributed by atoms with Crippen LogP contribution in [0.1, 0.15) is 32.1 Å². The van der Waals surface area contributed by atoms with Gasteiger partial charge in [0.2, 0.25) is 10.0 Å². The molecule has 0 aromatic carbocycles. The summed E-state index contributed by atoms with van der Waals surface area (Å²) in [5, 5.41) is 3.35. The van der Waals surface area contributed by atoms with Crippen LogP contribution in [0.2, 0.25) is 0 Å². The Kier molecular flexibility index (Phi) is 4.81. The van der Waals surface area contributed by atoms with E-state index in [2.05, 4.69) is 10.1 Å². The summed E-state index contributed by atoms with van der Waals surface area (Å²) >= 11 is 0. The minimum Gasteiger partial charge on any atom is -0.468 e. The molecule has 2 fully saturated rings. The number of hydrogen-bond acceptors (Lipinski definition) is 5. The van der Waals surface area contributed by atoms with Crippen LogP contribution in [0.4, 0.5) is 0 Å². The highest BCUT2D eigenvalue weighted by Gasteiger charge is 2.39. The number of carbonyl (C=O) groups is 1. The predicted molar refractivity (Wildman–Crippen MR) is 71.2 cm³/mol. The fraction of sp³-hybridized carbons (Fsp3) is 0.917. The van der Waals surface area contributed by atoms with Crippen LogP contribution in [0.3, 0.4) is 0 Å². The maximum Gasteiger partial charge on any atom is 0.322 e. The van der Waals surface area contributed by atoms with Crippen LogP contribution in [0.15, 0.2) is 0 Å². The van der Waals surface area contributed by atoms with Crippen molar-refractivity contribution in [1.82, 2.24) is 9.62 Å². The van der Waals surface area contributed by atoms with E-state index < -0.39 is 21.7 Å². The van der Waals surface area contributed by atoms with Gasteiger partial charge in [-0.2, -0.15) is 4.31 Å². The van der Waals surface area contributed by atoms with Gasteiger partial charge < -0.3 is 10.1 Å². The van der Waals surface area contributed by atoms with E-state index in [0.29, 0.717) is 6.54 Å². The van der Waals surface area contributed by atoms with E-state index in [1.54, 1.807) is 0 Å². The Morgan fingerprint density at radius 3 is 2.58 bits per heavy atom. The molecule has 0 spiro atoms. The van der Waals surface area contributed by atoms with Crippen molar-refractivity contribution in [2.75, 3.05) is 26.0 Å². The van der Waals surface area contributed by atoms with E-state index in [1.807, 2.05) is 0 Å². The molecule has 0 radical (unpaired) electrons. The van der Waals surface area contributed by atoms with Crippen molar-refractivity contribution in [3.05, 3.63) is 0 Å². The molecule has 0 amide bonds. The van der Waals surface area contributed by atoms with Crippen LogP contribution in [-0.4, -0.2) is 56.7 Å². The molecule has 2 aliphatic rings. The smallest absolute Gasteiger partial charge is 0.322 e. The van der Waals surface area contributed by atoms with Crippen molar-refractivity contribution in [2.24, 2.45) is 0 Å². The maximum atomic E-state index is 12.3. The molecule has 1 aliphatic heterocycles. The number of nitrogens with one attached hydrogen (secondary N) is 1. The van der Waals surface area contributed by atoms with E-state index in [1.165, 1.54) is 11.4 Å². The van der Waals surface area contributed by atoms with Crippen LogP contribution >= 0.6 is 0 Å². The molecule has 1 saturated heterocycles. The molecular weight excluding hydrogens is 268 g/mol. The Hall–Kier alpha value is -0.660. The first-order chi connectivity index (χ1) is 9.03. The molecule has 2 rings (SSSR count). The van der Waals surface area contributed by atoms with Gasteiger partial charge in [0.1, 0.15) is 0 Å². The van der Waals surface area contributed by atoms with Crippen LogP contribution < -0.4 is 5.32 Å². The van der Waals surface area contributed by atoms with Gasteiger partial charge in [0, 0.05) is 18.6 Å². The number of piperidine rings is 1. The molecule has 110 valence electrons. The minimum absolute atomic E-state index is 0.0818. The van der Waals surface area contributed by atoms with E-state index in [4.69, 9.17) is 0 Å². The summed E-state index contributed by atoms with van der Waals surface area (Å²) in [4.78, 5) is 11.2. The Balaban J connectivity index is 2.00. The number of carbonyl (C=O) groups excluding carboxylic acids is 1. The molecule has 0 aromatic heterocycles. The van der Waals surface area contributed by atoms with Crippen LogP contribution in [0, 0.1) is 0 Å². The molecule has 7 heteroatoms. The van der Waals surface area contributed by atoms with Crippen molar-refractivity contribution in [3.8, 4) is 0 Å². The molecule has 19 heavy (non-hydrogen) atoms. The van der Waals surface area contributed by atoms with Gasteiger partial charge >= 0.3 is 5.97 Å². The van der Waals surface area contributed by atoms with Gasteiger partial charge in [-0.15, -0.1) is 0 Å². The first-order valence-corrected chi connectivity index (χ1v) is 8.43. The Morgan fingerprint density at radius 1 is 1.32 bits per heavy atom. The lowest BCUT2D eigenvalue weighted by Crippen LogP contribution is -2.47.